The van der Waals surface area contributed by atoms with Gasteiger partial charge in [0, 0.05) is 13.1 Å². The van der Waals surface area contributed by atoms with Gasteiger partial charge in [0.15, 0.2) is 11.4 Å². The lowest BCUT2D eigenvalue weighted by Crippen LogP contribution is -2.56. The second-order valence-corrected chi connectivity index (χ2v) is 4.32. The zero-order valence-electron chi connectivity index (χ0n) is 10.4. The summed E-state index contributed by atoms with van der Waals surface area (Å²) in [6.45, 7) is 3.35. The van der Waals surface area contributed by atoms with Gasteiger partial charge in [0.1, 0.15) is 0 Å². The smallest absolute Gasteiger partial charge is 0.315 e. The van der Waals surface area contributed by atoms with E-state index in [1.807, 2.05) is 0 Å². The number of amides is 2. The molecular formula is C10H15N5O4. The van der Waals surface area contributed by atoms with Crippen LogP contribution in [0.25, 0.3) is 0 Å². The maximum atomic E-state index is 12.0. The highest BCUT2D eigenvalue weighted by molar-refractivity contribution is 5.87. The lowest BCUT2D eigenvalue weighted by Gasteiger charge is -2.32. The summed E-state index contributed by atoms with van der Waals surface area (Å²) in [5.41, 5.74) is 4.05. The Labute approximate surface area is 108 Å². The van der Waals surface area contributed by atoms with Crippen LogP contribution < -0.4 is 16.4 Å². The molecule has 1 saturated heterocycles. The molecule has 0 bridgehead atoms. The van der Waals surface area contributed by atoms with Gasteiger partial charge < -0.3 is 25.6 Å². The van der Waals surface area contributed by atoms with Crippen LogP contribution in [0.1, 0.15) is 23.4 Å². The topological polar surface area (TPSA) is 132 Å². The molecule has 1 aliphatic rings. The molecule has 0 spiro atoms. The monoisotopic (exact) mass is 269 g/mol. The van der Waals surface area contributed by atoms with Crippen molar-refractivity contribution in [3.63, 3.8) is 0 Å². The minimum absolute atomic E-state index is 0.0363. The Balaban J connectivity index is 1.90. The summed E-state index contributed by atoms with van der Waals surface area (Å²) in [6, 6.07) is 0. The van der Waals surface area contributed by atoms with Crippen LogP contribution in [0.4, 0.5) is 0 Å². The number of aromatic nitrogens is 2. The molecule has 1 unspecified atom stereocenters. The van der Waals surface area contributed by atoms with E-state index in [1.165, 1.54) is 0 Å². The standard InChI is InChI=1S/C10H15N5O4/c1-10(5-12-2-3-18-10)9(17)13-4-6-14-8(7(11)16)19-15-6/h12H,2-5H2,1H3,(H2,11,16)(H,13,17). The maximum absolute atomic E-state index is 12.0. The van der Waals surface area contributed by atoms with Crippen LogP contribution in [0.2, 0.25) is 0 Å². The first kappa shape index (κ1) is 13.4. The Bertz CT molecular complexity index is 480. The van der Waals surface area contributed by atoms with Crippen molar-refractivity contribution in [3.05, 3.63) is 11.7 Å². The summed E-state index contributed by atoms with van der Waals surface area (Å²) >= 11 is 0. The Morgan fingerprint density at radius 2 is 2.37 bits per heavy atom. The van der Waals surface area contributed by atoms with Crippen LogP contribution in [0.3, 0.4) is 0 Å². The van der Waals surface area contributed by atoms with Crippen LogP contribution in [0.5, 0.6) is 0 Å². The van der Waals surface area contributed by atoms with E-state index in [0.29, 0.717) is 13.2 Å². The fraction of sp³-hybridized carbons (Fsp3) is 0.600. The molecule has 1 atom stereocenters. The highest BCUT2D eigenvalue weighted by Crippen LogP contribution is 2.12. The van der Waals surface area contributed by atoms with Crippen LogP contribution in [-0.2, 0) is 16.1 Å². The second-order valence-electron chi connectivity index (χ2n) is 4.32. The molecule has 2 amide bonds. The predicted molar refractivity (Wildman–Crippen MR) is 61.9 cm³/mol. The normalized spacial score (nSPS) is 23.0. The molecule has 19 heavy (non-hydrogen) atoms. The van der Waals surface area contributed by atoms with Gasteiger partial charge in [-0.3, -0.25) is 9.59 Å². The number of nitrogens with zero attached hydrogens (tertiary/aromatic N) is 2. The highest BCUT2D eigenvalue weighted by atomic mass is 16.5. The van der Waals surface area contributed by atoms with Crippen molar-refractivity contribution in [2.24, 2.45) is 5.73 Å². The number of carbonyl (C=O) groups excluding carboxylic acids is 2. The fourth-order valence-corrected chi connectivity index (χ4v) is 1.64. The maximum Gasteiger partial charge on any atom is 0.315 e. The summed E-state index contributed by atoms with van der Waals surface area (Å²) in [4.78, 5) is 26.5. The number of hydrogen-bond donors (Lipinski definition) is 3. The van der Waals surface area contributed by atoms with Gasteiger partial charge in [-0.25, -0.2) is 0 Å². The number of carbonyl (C=O) groups is 2. The summed E-state index contributed by atoms with van der Waals surface area (Å²) in [6.07, 6.45) is 0. The largest absolute Gasteiger partial charge is 0.363 e. The number of primary amides is 1. The van der Waals surface area contributed by atoms with E-state index in [9.17, 15) is 9.59 Å². The fourth-order valence-electron chi connectivity index (χ4n) is 1.64. The molecular weight excluding hydrogens is 254 g/mol. The average molecular weight is 269 g/mol. The SMILES string of the molecule is CC1(C(=O)NCc2noc(C(N)=O)n2)CNCCO1. The molecule has 4 N–H and O–H groups in total. The van der Waals surface area contributed by atoms with E-state index >= 15 is 0 Å². The molecule has 2 rings (SSSR count). The first-order valence-corrected chi connectivity index (χ1v) is 5.77. The molecule has 9 heteroatoms. The van der Waals surface area contributed by atoms with E-state index in [4.69, 9.17) is 10.5 Å². The molecule has 2 heterocycles. The van der Waals surface area contributed by atoms with Crippen molar-refractivity contribution in [2.45, 2.75) is 19.1 Å². The van der Waals surface area contributed by atoms with E-state index < -0.39 is 11.5 Å². The Morgan fingerprint density at radius 3 is 2.95 bits per heavy atom. The third-order valence-corrected chi connectivity index (χ3v) is 2.73. The first-order chi connectivity index (χ1) is 9.01. The first-order valence-electron chi connectivity index (χ1n) is 5.77. The zero-order valence-corrected chi connectivity index (χ0v) is 10.4. The molecule has 1 aliphatic heterocycles. The van der Waals surface area contributed by atoms with Gasteiger partial charge in [-0.15, -0.1) is 0 Å². The van der Waals surface area contributed by atoms with Crippen molar-refractivity contribution in [3.8, 4) is 0 Å². The van der Waals surface area contributed by atoms with Gasteiger partial charge in [0.05, 0.1) is 13.2 Å². The quantitative estimate of drug-likeness (QED) is 0.585. The van der Waals surface area contributed by atoms with E-state index in [1.54, 1.807) is 6.92 Å². The number of rotatable bonds is 4. The van der Waals surface area contributed by atoms with Crippen molar-refractivity contribution in [1.82, 2.24) is 20.8 Å². The third kappa shape index (κ3) is 3.06. The van der Waals surface area contributed by atoms with Gasteiger partial charge in [-0.05, 0) is 6.92 Å². The molecule has 0 aliphatic carbocycles. The average Bonchev–Trinajstić information content (AvgIpc) is 2.85. The lowest BCUT2D eigenvalue weighted by atomic mass is 10.0. The van der Waals surface area contributed by atoms with Crippen LogP contribution in [0.15, 0.2) is 4.52 Å². The number of nitrogens with one attached hydrogen (secondary N) is 2. The molecule has 0 aromatic carbocycles. The van der Waals surface area contributed by atoms with Gasteiger partial charge in [0.2, 0.25) is 0 Å². The zero-order chi connectivity index (χ0) is 13.9. The van der Waals surface area contributed by atoms with Gasteiger partial charge in [-0.1, -0.05) is 5.16 Å². The highest BCUT2D eigenvalue weighted by Gasteiger charge is 2.36. The predicted octanol–water partition coefficient (Wildman–Crippen LogP) is -1.84. The summed E-state index contributed by atoms with van der Waals surface area (Å²) in [5.74, 6) is -1.21. The number of hydrogen-bond acceptors (Lipinski definition) is 7. The molecule has 104 valence electrons. The lowest BCUT2D eigenvalue weighted by molar-refractivity contribution is -0.148. The molecule has 1 aromatic heterocycles. The minimum atomic E-state index is -0.922. The van der Waals surface area contributed by atoms with Crippen LogP contribution in [0, 0.1) is 0 Å². The molecule has 1 aromatic rings. The summed E-state index contributed by atoms with van der Waals surface area (Å²) in [5, 5.41) is 9.22. The molecule has 1 fully saturated rings. The molecule has 9 nitrogen and oxygen atoms in total. The number of ether oxygens (including phenoxy) is 1. The second kappa shape index (κ2) is 5.33. The van der Waals surface area contributed by atoms with E-state index in [-0.39, 0.29) is 24.2 Å². The van der Waals surface area contributed by atoms with Crippen molar-refractivity contribution < 1.29 is 18.8 Å². The van der Waals surface area contributed by atoms with Crippen molar-refractivity contribution in [1.29, 1.82) is 0 Å². The summed E-state index contributed by atoms with van der Waals surface area (Å²) in [7, 11) is 0. The third-order valence-electron chi connectivity index (χ3n) is 2.73. The molecule has 0 saturated carbocycles. The van der Waals surface area contributed by atoms with Crippen LogP contribution in [-0.4, -0.2) is 47.3 Å². The van der Waals surface area contributed by atoms with Gasteiger partial charge >= 0.3 is 11.8 Å². The Morgan fingerprint density at radius 1 is 1.58 bits per heavy atom. The number of nitrogens with two attached hydrogens (primary N) is 1. The Hall–Kier alpha value is -2.00. The van der Waals surface area contributed by atoms with E-state index in [0.717, 1.165) is 6.54 Å². The van der Waals surface area contributed by atoms with Crippen LogP contribution >= 0.6 is 0 Å². The Kier molecular flexibility index (Phi) is 3.76. The minimum Gasteiger partial charge on any atom is -0.363 e. The van der Waals surface area contributed by atoms with Gasteiger partial charge in [-0.2, -0.15) is 4.98 Å². The molecule has 0 radical (unpaired) electrons. The summed E-state index contributed by atoms with van der Waals surface area (Å²) < 4.78 is 10.0. The van der Waals surface area contributed by atoms with Crippen molar-refractivity contribution in [2.75, 3.05) is 19.7 Å². The van der Waals surface area contributed by atoms with Gasteiger partial charge in [0.25, 0.3) is 5.91 Å². The van der Waals surface area contributed by atoms with Crippen molar-refractivity contribution >= 4 is 11.8 Å². The van der Waals surface area contributed by atoms with E-state index in [2.05, 4.69) is 25.3 Å². The number of morpholine rings is 1.